The molecule has 0 unspecified atom stereocenters. The fourth-order valence-electron chi connectivity index (χ4n) is 0.336. The van der Waals surface area contributed by atoms with Gasteiger partial charge in [0.2, 0.25) is 0 Å². The normalized spacial score (nSPS) is 15.5. The molecule has 0 aromatic carbocycles. The fraction of sp³-hybridized carbons (Fsp3) is 0.333. The molecule has 0 bridgehead atoms. The minimum absolute atomic E-state index is 0.134. The van der Waals surface area contributed by atoms with Gasteiger partial charge in [-0.2, -0.15) is 26.3 Å². The molecule has 0 saturated carbocycles. The fourth-order valence-corrected chi connectivity index (χ4v) is 0.409. The summed E-state index contributed by atoms with van der Waals surface area (Å²) < 4.78 is 68.7. The van der Waals surface area contributed by atoms with Crippen LogP contribution in [0.25, 0.3) is 0 Å². The van der Waals surface area contributed by atoms with Crippen molar-refractivity contribution < 1.29 is 26.3 Å². The van der Waals surface area contributed by atoms with Crippen molar-refractivity contribution in [1.82, 2.24) is 0 Å². The van der Waals surface area contributed by atoms with Crippen molar-refractivity contribution in [2.24, 2.45) is 0 Å². The Kier molecular flexibility index (Phi) is 3.84. The van der Waals surface area contributed by atoms with Gasteiger partial charge in [0.25, 0.3) is 0 Å². The van der Waals surface area contributed by atoms with Crippen molar-refractivity contribution in [3.8, 4) is 0 Å². The van der Waals surface area contributed by atoms with Gasteiger partial charge in [-0.25, -0.2) is 0 Å². The Morgan fingerprint density at radius 3 is 1.77 bits per heavy atom. The van der Waals surface area contributed by atoms with Gasteiger partial charge in [-0.1, -0.05) is 17.7 Å². The Bertz CT molecular complexity index is 220. The molecule has 0 N–H and O–H groups in total. The van der Waals surface area contributed by atoms with Crippen molar-refractivity contribution >= 4 is 11.6 Å². The lowest BCUT2D eigenvalue weighted by Crippen LogP contribution is -2.06. The van der Waals surface area contributed by atoms with E-state index in [0.29, 0.717) is 0 Å². The topological polar surface area (TPSA) is 0 Å². The van der Waals surface area contributed by atoms with E-state index in [9.17, 15) is 26.3 Å². The molecule has 0 aliphatic rings. The minimum atomic E-state index is -4.81. The minimum Gasteiger partial charge on any atom is -0.167 e. The molecule has 0 spiro atoms. The average Bonchev–Trinajstić information content (AvgIpc) is 1.82. The van der Waals surface area contributed by atoms with Crippen LogP contribution in [-0.2, 0) is 0 Å². The summed E-state index contributed by atoms with van der Waals surface area (Å²) in [5.41, 5.74) is 0. The highest BCUT2D eigenvalue weighted by Gasteiger charge is 2.31. The molecule has 13 heavy (non-hydrogen) atoms. The second-order valence-electron chi connectivity index (χ2n) is 1.91. The van der Waals surface area contributed by atoms with Gasteiger partial charge >= 0.3 is 12.4 Å². The van der Waals surface area contributed by atoms with Crippen molar-refractivity contribution in [3.05, 3.63) is 23.3 Å². The van der Waals surface area contributed by atoms with Gasteiger partial charge < -0.3 is 0 Å². The van der Waals surface area contributed by atoms with Gasteiger partial charge in [-0.05, 0) is 6.08 Å². The van der Waals surface area contributed by atoms with Crippen molar-refractivity contribution in [2.45, 2.75) is 12.4 Å². The van der Waals surface area contributed by atoms with Crippen LogP contribution in [-0.4, -0.2) is 12.4 Å². The molecule has 0 amide bonds. The molecule has 0 fully saturated rings. The van der Waals surface area contributed by atoms with Crippen LogP contribution in [0.4, 0.5) is 26.3 Å². The first-order chi connectivity index (χ1) is 5.63. The summed E-state index contributed by atoms with van der Waals surface area (Å²) in [6, 6.07) is 0. The highest BCUT2D eigenvalue weighted by atomic mass is 35.5. The maximum absolute atomic E-state index is 11.6. The average molecular weight is 225 g/mol. The van der Waals surface area contributed by atoms with E-state index in [1.54, 1.807) is 0 Å². The third kappa shape index (κ3) is 6.51. The molecule has 7 heteroatoms. The highest BCUT2D eigenvalue weighted by molar-refractivity contribution is 6.30. The van der Waals surface area contributed by atoms with Gasteiger partial charge in [-0.3, -0.25) is 0 Å². The zero-order valence-corrected chi connectivity index (χ0v) is 6.63. The summed E-state index contributed by atoms with van der Waals surface area (Å²) in [7, 11) is 0. The summed E-state index contributed by atoms with van der Waals surface area (Å²) in [5, 5.41) is -1.60. The second kappa shape index (κ2) is 4.04. The molecule has 0 nitrogen and oxygen atoms in total. The van der Waals surface area contributed by atoms with E-state index in [2.05, 4.69) is 11.6 Å². The molecule has 0 aliphatic carbocycles. The van der Waals surface area contributed by atoms with E-state index in [0.717, 1.165) is 0 Å². The standard InChI is InChI=1S/C6H3ClF6/c7-4(6(11,12)13)2-1-3-5(8,9)10/h1-3H/b3-1+,4-2+. The lowest BCUT2D eigenvalue weighted by Gasteiger charge is -2.02. The Balaban J connectivity index is 4.37. The molecule has 76 valence electrons. The van der Waals surface area contributed by atoms with E-state index in [1.165, 1.54) is 0 Å². The van der Waals surface area contributed by atoms with E-state index in [-0.39, 0.29) is 18.2 Å². The van der Waals surface area contributed by atoms with Crippen LogP contribution in [0.1, 0.15) is 0 Å². The molecule has 0 saturated heterocycles. The summed E-state index contributed by atoms with van der Waals surface area (Å²) in [5.74, 6) is 0. The largest absolute Gasteiger partial charge is 0.426 e. The molecule has 0 aromatic heterocycles. The molecular formula is C6H3ClF6. The predicted octanol–water partition coefficient (Wildman–Crippen LogP) is 3.79. The number of halogens is 7. The molecule has 0 heterocycles. The second-order valence-corrected chi connectivity index (χ2v) is 2.32. The third-order valence-electron chi connectivity index (χ3n) is 0.799. The number of hydrogen-bond acceptors (Lipinski definition) is 0. The van der Waals surface area contributed by atoms with Crippen LogP contribution in [0.3, 0.4) is 0 Å². The first-order valence-corrected chi connectivity index (χ1v) is 3.19. The zero-order chi connectivity index (χ0) is 10.7. The summed E-state index contributed by atoms with van der Waals surface area (Å²) in [6.07, 6.45) is -9.47. The Morgan fingerprint density at radius 2 is 1.46 bits per heavy atom. The van der Waals surface area contributed by atoms with Crippen LogP contribution in [0, 0.1) is 0 Å². The summed E-state index contributed by atoms with van der Waals surface area (Å²) >= 11 is 4.60. The Hall–Kier alpha value is -0.650. The number of rotatable bonds is 1. The van der Waals surface area contributed by atoms with E-state index < -0.39 is 17.4 Å². The quantitative estimate of drug-likeness (QED) is 0.470. The van der Waals surface area contributed by atoms with Gasteiger partial charge in [0, 0.05) is 6.08 Å². The smallest absolute Gasteiger partial charge is 0.167 e. The van der Waals surface area contributed by atoms with Crippen LogP contribution in [0.15, 0.2) is 23.3 Å². The van der Waals surface area contributed by atoms with Gasteiger partial charge in [0.05, 0.1) is 0 Å². The van der Waals surface area contributed by atoms with Gasteiger partial charge in [0.15, 0.2) is 0 Å². The molecule has 0 atom stereocenters. The first-order valence-electron chi connectivity index (χ1n) is 2.82. The van der Waals surface area contributed by atoms with Crippen LogP contribution in [0.5, 0.6) is 0 Å². The SMILES string of the molecule is FC(F)(F)/C=C/C=C(/Cl)C(F)(F)F. The van der Waals surface area contributed by atoms with Crippen molar-refractivity contribution in [2.75, 3.05) is 0 Å². The number of alkyl halides is 6. The van der Waals surface area contributed by atoms with E-state index in [4.69, 9.17) is 0 Å². The lowest BCUT2D eigenvalue weighted by molar-refractivity contribution is -0.0852. The maximum Gasteiger partial charge on any atom is 0.426 e. The molecule has 0 rings (SSSR count). The van der Waals surface area contributed by atoms with E-state index >= 15 is 0 Å². The van der Waals surface area contributed by atoms with Crippen LogP contribution >= 0.6 is 11.6 Å². The predicted molar refractivity (Wildman–Crippen MR) is 35.2 cm³/mol. The number of hydrogen-bond donors (Lipinski definition) is 0. The number of allylic oxidation sites excluding steroid dienone is 4. The molecular weight excluding hydrogens is 222 g/mol. The molecule has 0 aliphatic heterocycles. The van der Waals surface area contributed by atoms with Crippen LogP contribution in [0.2, 0.25) is 0 Å². The Morgan fingerprint density at radius 1 is 1.00 bits per heavy atom. The zero-order valence-electron chi connectivity index (χ0n) is 5.88. The Labute approximate surface area is 74.5 Å². The third-order valence-corrected chi connectivity index (χ3v) is 1.14. The lowest BCUT2D eigenvalue weighted by atomic mass is 10.4. The first kappa shape index (κ1) is 12.3. The maximum atomic E-state index is 11.6. The molecule has 0 aromatic rings. The molecule has 0 radical (unpaired) electrons. The summed E-state index contributed by atoms with van der Waals surface area (Å²) in [4.78, 5) is 0. The van der Waals surface area contributed by atoms with Crippen molar-refractivity contribution in [3.63, 3.8) is 0 Å². The van der Waals surface area contributed by atoms with E-state index in [1.807, 2.05) is 0 Å². The summed E-state index contributed by atoms with van der Waals surface area (Å²) in [6.45, 7) is 0. The monoisotopic (exact) mass is 224 g/mol. The van der Waals surface area contributed by atoms with Gasteiger partial charge in [-0.15, -0.1) is 0 Å². The highest BCUT2D eigenvalue weighted by Crippen LogP contribution is 2.28. The van der Waals surface area contributed by atoms with Crippen molar-refractivity contribution in [1.29, 1.82) is 0 Å². The van der Waals surface area contributed by atoms with Crippen LogP contribution < -0.4 is 0 Å². The van der Waals surface area contributed by atoms with Gasteiger partial charge in [0.1, 0.15) is 5.03 Å².